The van der Waals surface area contributed by atoms with Crippen molar-refractivity contribution < 1.29 is 23.1 Å². The molecule has 2 heterocycles. The summed E-state index contributed by atoms with van der Waals surface area (Å²) < 4.78 is 33.6. The van der Waals surface area contributed by atoms with Gasteiger partial charge in [-0.3, -0.25) is 9.69 Å². The van der Waals surface area contributed by atoms with Gasteiger partial charge in [0.1, 0.15) is 5.75 Å². The predicted octanol–water partition coefficient (Wildman–Crippen LogP) is 3.03. The Hall–Kier alpha value is -2.69. The standard InChI is InChI=1S/C19H21F2N3O3/c1-13-6-7-24(17(25)8-13)15-9-19(20,21)12-23(11-15)18(26)27-16-4-2-14(10-22)3-5-16/h2-5,13,15H,6-9,11-12H2,1H3/t13-,15?/m1/s1. The van der Waals surface area contributed by atoms with Gasteiger partial charge in [-0.2, -0.15) is 5.26 Å². The van der Waals surface area contributed by atoms with Crippen LogP contribution in [0.1, 0.15) is 31.7 Å². The van der Waals surface area contributed by atoms with Crippen molar-refractivity contribution in [1.29, 1.82) is 5.26 Å². The maximum absolute atomic E-state index is 14.2. The molecule has 0 aromatic heterocycles. The Morgan fingerprint density at radius 2 is 2.04 bits per heavy atom. The first kappa shape index (κ1) is 19.1. The van der Waals surface area contributed by atoms with E-state index in [-0.39, 0.29) is 24.1 Å². The van der Waals surface area contributed by atoms with Gasteiger partial charge >= 0.3 is 6.09 Å². The third kappa shape index (κ3) is 4.54. The van der Waals surface area contributed by atoms with Crippen LogP contribution in [0.4, 0.5) is 13.6 Å². The van der Waals surface area contributed by atoms with Gasteiger partial charge in [-0.25, -0.2) is 13.6 Å². The quantitative estimate of drug-likeness (QED) is 0.794. The average Bonchev–Trinajstić information content (AvgIpc) is 2.61. The molecule has 2 fully saturated rings. The minimum atomic E-state index is -3.09. The summed E-state index contributed by atoms with van der Waals surface area (Å²) in [4.78, 5) is 27.1. The van der Waals surface area contributed by atoms with Crippen molar-refractivity contribution in [1.82, 2.24) is 9.80 Å². The molecule has 8 heteroatoms. The normalized spacial score (nSPS) is 25.0. The number of carbonyl (C=O) groups excluding carboxylic acids is 2. The summed E-state index contributed by atoms with van der Waals surface area (Å²) in [5, 5.41) is 8.78. The molecule has 0 radical (unpaired) electrons. The molecule has 2 aliphatic heterocycles. The lowest BCUT2D eigenvalue weighted by atomic mass is 9.94. The van der Waals surface area contributed by atoms with Crippen molar-refractivity contribution in [2.45, 2.75) is 38.2 Å². The number of halogens is 2. The molecule has 6 nitrogen and oxygen atoms in total. The molecule has 1 unspecified atom stereocenters. The van der Waals surface area contributed by atoms with Crippen LogP contribution in [0, 0.1) is 17.2 Å². The number of likely N-dealkylation sites (tertiary alicyclic amines) is 2. The summed E-state index contributed by atoms with van der Waals surface area (Å²) in [6.45, 7) is 1.67. The van der Waals surface area contributed by atoms with E-state index in [2.05, 4.69) is 0 Å². The van der Waals surface area contributed by atoms with Gasteiger partial charge in [0.05, 0.1) is 24.2 Å². The molecule has 2 saturated heterocycles. The van der Waals surface area contributed by atoms with Crippen molar-refractivity contribution in [3.8, 4) is 11.8 Å². The van der Waals surface area contributed by atoms with Crippen LogP contribution in [0.25, 0.3) is 0 Å². The lowest BCUT2D eigenvalue weighted by Crippen LogP contribution is -2.59. The summed E-state index contributed by atoms with van der Waals surface area (Å²) in [6, 6.07) is 7.05. The summed E-state index contributed by atoms with van der Waals surface area (Å²) in [5.41, 5.74) is 0.400. The van der Waals surface area contributed by atoms with E-state index >= 15 is 0 Å². The second kappa shape index (κ2) is 7.51. The Balaban J connectivity index is 1.69. The summed E-state index contributed by atoms with van der Waals surface area (Å²) in [7, 11) is 0. The fourth-order valence-corrected chi connectivity index (χ4v) is 3.57. The van der Waals surface area contributed by atoms with E-state index in [4.69, 9.17) is 10.00 Å². The van der Waals surface area contributed by atoms with Gasteiger partial charge < -0.3 is 9.64 Å². The molecule has 0 aliphatic carbocycles. The average molecular weight is 377 g/mol. The van der Waals surface area contributed by atoms with Gasteiger partial charge in [0, 0.05) is 25.9 Å². The molecular weight excluding hydrogens is 356 g/mol. The number of carbonyl (C=O) groups is 2. The van der Waals surface area contributed by atoms with Crippen LogP contribution < -0.4 is 4.74 Å². The molecule has 0 saturated carbocycles. The van der Waals surface area contributed by atoms with Crippen LogP contribution in [0.3, 0.4) is 0 Å². The molecule has 27 heavy (non-hydrogen) atoms. The zero-order valence-corrected chi connectivity index (χ0v) is 15.0. The summed E-state index contributed by atoms with van der Waals surface area (Å²) in [6.07, 6.45) is -0.225. The van der Waals surface area contributed by atoms with Gasteiger partial charge in [0.2, 0.25) is 5.91 Å². The van der Waals surface area contributed by atoms with Crippen molar-refractivity contribution >= 4 is 12.0 Å². The maximum atomic E-state index is 14.2. The van der Waals surface area contributed by atoms with Crippen molar-refractivity contribution in [2.24, 2.45) is 5.92 Å². The zero-order chi connectivity index (χ0) is 19.6. The molecule has 3 rings (SSSR count). The van der Waals surface area contributed by atoms with E-state index in [0.29, 0.717) is 18.5 Å². The molecule has 2 amide bonds. The number of piperidine rings is 2. The number of amides is 2. The Bertz CT molecular complexity index is 760. The number of alkyl halides is 2. The van der Waals surface area contributed by atoms with Crippen LogP contribution in [0.15, 0.2) is 24.3 Å². The summed E-state index contributed by atoms with van der Waals surface area (Å²) >= 11 is 0. The van der Waals surface area contributed by atoms with Gasteiger partial charge in [0.25, 0.3) is 5.92 Å². The molecule has 0 N–H and O–H groups in total. The monoisotopic (exact) mass is 377 g/mol. The van der Waals surface area contributed by atoms with Crippen LogP contribution in [0.2, 0.25) is 0 Å². The second-order valence-electron chi connectivity index (χ2n) is 7.28. The number of ether oxygens (including phenoxy) is 1. The number of benzene rings is 1. The minimum Gasteiger partial charge on any atom is -0.410 e. The van der Waals surface area contributed by atoms with E-state index < -0.39 is 31.0 Å². The number of rotatable bonds is 2. The SMILES string of the molecule is C[C@@H]1CCN(C2CN(C(=O)Oc3ccc(C#N)cc3)CC(F)(F)C2)C(=O)C1. The van der Waals surface area contributed by atoms with E-state index in [1.807, 2.05) is 13.0 Å². The first-order chi connectivity index (χ1) is 12.8. The molecule has 1 aromatic rings. The molecule has 2 aliphatic rings. The van der Waals surface area contributed by atoms with Gasteiger partial charge in [-0.15, -0.1) is 0 Å². The molecule has 0 spiro atoms. The minimum absolute atomic E-state index is 0.0187. The highest BCUT2D eigenvalue weighted by Crippen LogP contribution is 2.32. The fraction of sp³-hybridized carbons (Fsp3) is 0.526. The van der Waals surface area contributed by atoms with E-state index in [1.54, 1.807) is 0 Å². The third-order valence-corrected chi connectivity index (χ3v) is 4.98. The Kier molecular flexibility index (Phi) is 5.31. The van der Waals surface area contributed by atoms with Crippen LogP contribution in [0.5, 0.6) is 5.75 Å². The number of nitrogens with zero attached hydrogens (tertiary/aromatic N) is 3. The zero-order valence-electron chi connectivity index (χ0n) is 15.0. The van der Waals surface area contributed by atoms with Crippen LogP contribution >= 0.6 is 0 Å². The molecule has 144 valence electrons. The van der Waals surface area contributed by atoms with Gasteiger partial charge in [-0.1, -0.05) is 6.92 Å². The molecular formula is C19H21F2N3O3. The highest BCUT2D eigenvalue weighted by atomic mass is 19.3. The van der Waals surface area contributed by atoms with Crippen molar-refractivity contribution in [2.75, 3.05) is 19.6 Å². The number of hydrogen-bond donors (Lipinski definition) is 0. The maximum Gasteiger partial charge on any atom is 0.415 e. The van der Waals surface area contributed by atoms with Crippen molar-refractivity contribution in [3.63, 3.8) is 0 Å². The third-order valence-electron chi connectivity index (χ3n) is 4.98. The van der Waals surface area contributed by atoms with E-state index in [0.717, 1.165) is 11.3 Å². The van der Waals surface area contributed by atoms with Crippen LogP contribution in [-0.2, 0) is 4.79 Å². The number of nitriles is 1. The highest BCUT2D eigenvalue weighted by molar-refractivity contribution is 5.78. The highest BCUT2D eigenvalue weighted by Gasteiger charge is 2.46. The van der Waals surface area contributed by atoms with E-state index in [1.165, 1.54) is 29.2 Å². The molecule has 2 atom stereocenters. The van der Waals surface area contributed by atoms with Crippen molar-refractivity contribution in [3.05, 3.63) is 29.8 Å². The molecule has 0 bridgehead atoms. The first-order valence-electron chi connectivity index (χ1n) is 8.91. The van der Waals surface area contributed by atoms with Gasteiger partial charge in [-0.05, 0) is 36.6 Å². The predicted molar refractivity (Wildman–Crippen MR) is 92.2 cm³/mol. The Morgan fingerprint density at radius 1 is 1.33 bits per heavy atom. The largest absolute Gasteiger partial charge is 0.415 e. The van der Waals surface area contributed by atoms with E-state index in [9.17, 15) is 18.4 Å². The molecule has 1 aromatic carbocycles. The number of hydrogen-bond acceptors (Lipinski definition) is 4. The first-order valence-corrected chi connectivity index (χ1v) is 8.91. The fourth-order valence-electron chi connectivity index (χ4n) is 3.57. The van der Waals surface area contributed by atoms with Crippen LogP contribution in [-0.4, -0.2) is 53.4 Å². The topological polar surface area (TPSA) is 73.6 Å². The lowest BCUT2D eigenvalue weighted by Gasteiger charge is -2.44. The summed E-state index contributed by atoms with van der Waals surface area (Å²) in [5.74, 6) is -2.81. The Morgan fingerprint density at radius 3 is 2.67 bits per heavy atom. The second-order valence-corrected chi connectivity index (χ2v) is 7.28. The Labute approximate surface area is 156 Å². The smallest absolute Gasteiger partial charge is 0.410 e. The van der Waals surface area contributed by atoms with Gasteiger partial charge in [0.15, 0.2) is 0 Å². The lowest BCUT2D eigenvalue weighted by molar-refractivity contribution is -0.144.